The maximum Gasteiger partial charge on any atom is 0.326 e. The summed E-state index contributed by atoms with van der Waals surface area (Å²) in [5.41, 5.74) is 5.42. The Morgan fingerprint density at radius 1 is 0.566 bits per heavy atom. The van der Waals surface area contributed by atoms with Crippen molar-refractivity contribution < 1.29 is 33.9 Å². The van der Waals surface area contributed by atoms with Crippen molar-refractivity contribution in [2.45, 2.75) is 174 Å². The number of unbranched alkanes of at least 4 members (excludes halogenated alkanes) is 16. The molecule has 0 heterocycles. The van der Waals surface area contributed by atoms with Gasteiger partial charge in [-0.05, 0) is 70.8 Å². The minimum atomic E-state index is -1.19. The largest absolute Gasteiger partial charge is 0.480 e. The van der Waals surface area contributed by atoms with Crippen LogP contribution in [0.1, 0.15) is 156 Å². The molecule has 0 rings (SSSR count). The van der Waals surface area contributed by atoms with Gasteiger partial charge in [0.2, 0.25) is 29.5 Å². The molecular weight excluding hydrogens is 676 g/mol. The van der Waals surface area contributed by atoms with Crippen LogP contribution in [0.2, 0.25) is 0 Å². The van der Waals surface area contributed by atoms with Crippen LogP contribution in [0.5, 0.6) is 0 Å². The zero-order chi connectivity index (χ0) is 39.5. The normalized spacial score (nSPS) is 12.1. The molecule has 13 nitrogen and oxygen atoms in total. The number of amides is 5. The predicted molar refractivity (Wildman–Crippen MR) is 208 cm³/mol. The van der Waals surface area contributed by atoms with Crippen molar-refractivity contribution in [2.75, 3.05) is 19.6 Å². The molecule has 300 valence electrons. The third-order valence-electron chi connectivity index (χ3n) is 8.57. The summed E-state index contributed by atoms with van der Waals surface area (Å²) in [5, 5.41) is 21.4. The average molecular weight is 745 g/mol. The summed E-state index contributed by atoms with van der Waals surface area (Å²) < 4.78 is 0. The lowest BCUT2D eigenvalue weighted by Crippen LogP contribution is -2.53. The lowest BCUT2D eigenvalue weighted by Gasteiger charge is -2.19. The van der Waals surface area contributed by atoms with Gasteiger partial charge in [0.25, 0.3) is 0 Å². The first-order valence-corrected chi connectivity index (χ1v) is 19.8. The molecule has 0 unspecified atom stereocenters. The highest BCUT2D eigenvalue weighted by Gasteiger charge is 2.24. The van der Waals surface area contributed by atoms with Crippen molar-refractivity contribution in [1.29, 1.82) is 0 Å². The van der Waals surface area contributed by atoms with Crippen LogP contribution in [0.3, 0.4) is 0 Å². The van der Waals surface area contributed by atoms with Crippen molar-refractivity contribution in [3.63, 3.8) is 0 Å². The predicted octanol–water partition coefficient (Wildman–Crippen LogP) is 3.98. The number of nitrogens with two attached hydrogens (primary N) is 1. The van der Waals surface area contributed by atoms with Gasteiger partial charge in [0.15, 0.2) is 0 Å². The van der Waals surface area contributed by atoms with Gasteiger partial charge in [-0.25, -0.2) is 4.79 Å². The lowest BCUT2D eigenvalue weighted by atomic mass is 10.1. The van der Waals surface area contributed by atoms with E-state index in [0.717, 1.165) is 44.9 Å². The van der Waals surface area contributed by atoms with Crippen LogP contribution in [0.25, 0.3) is 0 Å². The molecule has 0 aliphatic carbocycles. The summed E-state index contributed by atoms with van der Waals surface area (Å²) in [6.07, 6.45) is 21.2. The molecule has 0 fully saturated rings. The summed E-state index contributed by atoms with van der Waals surface area (Å²) in [6.45, 7) is 4.73. The number of nitrogens with one attached hydrogen (secondary N) is 5. The number of carboxylic acids is 1. The maximum absolute atomic E-state index is 12.3. The quantitative estimate of drug-likeness (QED) is 0.0407. The van der Waals surface area contributed by atoms with E-state index >= 15 is 0 Å². The van der Waals surface area contributed by atoms with Gasteiger partial charge in [-0.1, -0.05) is 95.8 Å². The molecule has 13 heteroatoms. The minimum Gasteiger partial charge on any atom is -0.480 e. The van der Waals surface area contributed by atoms with E-state index in [1.807, 2.05) is 0 Å². The Labute approximate surface area is 318 Å². The fraction of sp³-hybridized carbons (Fsp3) is 0.750. The van der Waals surface area contributed by atoms with Gasteiger partial charge in [0, 0.05) is 19.3 Å². The van der Waals surface area contributed by atoms with E-state index in [2.05, 4.69) is 57.2 Å². The summed E-state index contributed by atoms with van der Waals surface area (Å²) in [4.78, 5) is 72.6. The number of hydrogen-bond donors (Lipinski definition) is 7. The number of carbonyl (C=O) groups is 6. The van der Waals surface area contributed by atoms with E-state index in [1.165, 1.54) is 71.6 Å². The van der Waals surface area contributed by atoms with E-state index < -0.39 is 54.3 Å². The van der Waals surface area contributed by atoms with Crippen LogP contribution in [0, 0.1) is 23.7 Å². The van der Waals surface area contributed by atoms with Crippen LogP contribution in [0.4, 0.5) is 0 Å². The first-order chi connectivity index (χ1) is 25.5. The molecule has 0 aliphatic heterocycles. The zero-order valence-electron chi connectivity index (χ0n) is 32.7. The van der Waals surface area contributed by atoms with E-state index in [1.54, 1.807) is 0 Å². The van der Waals surface area contributed by atoms with Gasteiger partial charge in [0.05, 0.1) is 13.1 Å². The van der Waals surface area contributed by atoms with Crippen molar-refractivity contribution >= 4 is 35.5 Å². The molecule has 0 saturated carbocycles. The van der Waals surface area contributed by atoms with E-state index in [-0.39, 0.29) is 18.9 Å². The highest BCUT2D eigenvalue weighted by molar-refractivity contribution is 5.93. The van der Waals surface area contributed by atoms with Crippen molar-refractivity contribution in [3.05, 3.63) is 0 Å². The Balaban J connectivity index is 3.95. The molecule has 0 aromatic heterocycles. The van der Waals surface area contributed by atoms with Gasteiger partial charge in [0.1, 0.15) is 18.1 Å². The van der Waals surface area contributed by atoms with Crippen LogP contribution in [-0.4, -0.2) is 78.4 Å². The van der Waals surface area contributed by atoms with Gasteiger partial charge in [-0.3, -0.25) is 24.0 Å². The molecule has 8 N–H and O–H groups in total. The first kappa shape index (κ1) is 48.9. The van der Waals surface area contributed by atoms with E-state index in [9.17, 15) is 33.9 Å². The second-order valence-electron chi connectivity index (χ2n) is 13.6. The van der Waals surface area contributed by atoms with Crippen LogP contribution in [-0.2, 0) is 28.8 Å². The third-order valence-corrected chi connectivity index (χ3v) is 8.57. The standard InChI is InChI=1S/C40H68N6O7/c1-4-5-6-7-8-9-10-11-12-13-14-15-16-17-18-19-20-21-22-23-24-28-35(47)42-30-36(48)44-32(2)38(50)43-31-37(49)45-33(3)39(51)46-34(40(52)53)27-25-26-29-41/h32-34H,4-14,19-31,41H2,1-3H3,(H,42,47)(H,43,50)(H,44,48)(H,45,49)(H,46,51)(H,52,53)/t32-,33-,34-/m0/s1. The molecule has 0 saturated heterocycles. The molecule has 0 radical (unpaired) electrons. The average Bonchev–Trinajstić information content (AvgIpc) is 3.12. The van der Waals surface area contributed by atoms with Crippen LogP contribution in [0.15, 0.2) is 0 Å². The lowest BCUT2D eigenvalue weighted by molar-refractivity contribution is -0.142. The molecular formula is C40H68N6O7. The van der Waals surface area contributed by atoms with E-state index in [0.29, 0.717) is 32.2 Å². The highest BCUT2D eigenvalue weighted by atomic mass is 16.4. The smallest absolute Gasteiger partial charge is 0.326 e. The summed E-state index contributed by atoms with van der Waals surface area (Å²) in [5.74, 6) is 8.20. The summed E-state index contributed by atoms with van der Waals surface area (Å²) >= 11 is 0. The number of aliphatic carboxylic acids is 1. The Morgan fingerprint density at radius 3 is 1.55 bits per heavy atom. The van der Waals surface area contributed by atoms with Crippen LogP contribution >= 0.6 is 0 Å². The molecule has 0 bridgehead atoms. The molecule has 0 aromatic carbocycles. The second kappa shape index (κ2) is 33.7. The van der Waals surface area contributed by atoms with Crippen molar-refractivity contribution in [1.82, 2.24) is 26.6 Å². The number of carboxylic acid groups (broad SMARTS) is 1. The Morgan fingerprint density at radius 2 is 1.04 bits per heavy atom. The minimum absolute atomic E-state index is 0.204. The second-order valence-corrected chi connectivity index (χ2v) is 13.6. The molecule has 53 heavy (non-hydrogen) atoms. The molecule has 5 amide bonds. The van der Waals surface area contributed by atoms with E-state index in [4.69, 9.17) is 5.73 Å². The Kier molecular flexibility index (Phi) is 31.1. The summed E-state index contributed by atoms with van der Waals surface area (Å²) in [6, 6.07) is -3.14. The van der Waals surface area contributed by atoms with Gasteiger partial charge < -0.3 is 37.4 Å². The molecule has 0 aliphatic rings. The Hall–Kier alpha value is -4.10. The number of carbonyl (C=O) groups excluding carboxylic acids is 5. The van der Waals surface area contributed by atoms with Crippen LogP contribution < -0.4 is 32.3 Å². The first-order valence-electron chi connectivity index (χ1n) is 19.8. The maximum atomic E-state index is 12.3. The zero-order valence-corrected chi connectivity index (χ0v) is 32.7. The fourth-order valence-electron chi connectivity index (χ4n) is 5.29. The Bertz CT molecular complexity index is 1200. The van der Waals surface area contributed by atoms with Gasteiger partial charge in [-0.15, -0.1) is 0 Å². The number of rotatable bonds is 31. The fourth-order valence-corrected chi connectivity index (χ4v) is 5.29. The topological polar surface area (TPSA) is 209 Å². The highest BCUT2D eigenvalue weighted by Crippen LogP contribution is 2.11. The monoisotopic (exact) mass is 745 g/mol. The molecule has 3 atom stereocenters. The van der Waals surface area contributed by atoms with Crippen molar-refractivity contribution in [3.8, 4) is 23.7 Å². The molecule has 0 spiro atoms. The molecule has 0 aromatic rings. The number of hydrogen-bond acceptors (Lipinski definition) is 7. The summed E-state index contributed by atoms with van der Waals surface area (Å²) in [7, 11) is 0. The van der Waals surface area contributed by atoms with Gasteiger partial charge in [-0.2, -0.15) is 0 Å². The van der Waals surface area contributed by atoms with Crippen molar-refractivity contribution in [2.24, 2.45) is 5.73 Å². The third kappa shape index (κ3) is 30.1. The van der Waals surface area contributed by atoms with Gasteiger partial charge >= 0.3 is 5.97 Å². The SMILES string of the molecule is CCCCCCCCCCCCC#CC#CCCCCCCCC(=O)NCC(=O)N[C@@H](C)C(=O)NCC(=O)N[C@@H](C)C(=O)N[C@@H](CCCCN)C(=O)O.